The molecule has 0 saturated carbocycles. The summed E-state index contributed by atoms with van der Waals surface area (Å²) >= 11 is 5.82. The minimum Gasteiger partial charge on any atom is -0.310 e. The molecule has 1 aromatic carbocycles. The maximum absolute atomic E-state index is 11.0. The van der Waals surface area contributed by atoms with Crippen LogP contribution in [-0.4, -0.2) is 11.0 Å². The van der Waals surface area contributed by atoms with Gasteiger partial charge >= 0.3 is 0 Å². The Bertz CT molecular complexity index is 438. The summed E-state index contributed by atoms with van der Waals surface area (Å²) in [7, 11) is 0. The molecule has 1 unspecified atom stereocenters. The molecule has 0 spiro atoms. The summed E-state index contributed by atoms with van der Waals surface area (Å²) in [6.07, 6.45) is 5.68. The van der Waals surface area contributed by atoms with Gasteiger partial charge in [0.15, 0.2) is 0 Å². The molecule has 4 nitrogen and oxygen atoms in total. The van der Waals surface area contributed by atoms with Crippen LogP contribution in [0.15, 0.2) is 18.2 Å². The lowest BCUT2D eigenvalue weighted by molar-refractivity contribution is -0.385. The number of unbranched alkanes of at least 4 members (excludes halogenated alkanes) is 1. The highest BCUT2D eigenvalue weighted by Gasteiger charge is 2.15. The summed E-state index contributed by atoms with van der Waals surface area (Å²) in [4.78, 5) is 10.7. The van der Waals surface area contributed by atoms with E-state index in [1.54, 1.807) is 12.1 Å². The molecule has 0 fully saturated rings. The molecule has 20 heavy (non-hydrogen) atoms. The number of hydrogen-bond acceptors (Lipinski definition) is 3. The monoisotopic (exact) mass is 298 g/mol. The van der Waals surface area contributed by atoms with E-state index in [2.05, 4.69) is 19.2 Å². The predicted molar refractivity (Wildman–Crippen MR) is 83.2 cm³/mol. The van der Waals surface area contributed by atoms with E-state index in [9.17, 15) is 10.1 Å². The topological polar surface area (TPSA) is 55.2 Å². The van der Waals surface area contributed by atoms with Crippen molar-refractivity contribution in [2.75, 3.05) is 0 Å². The van der Waals surface area contributed by atoms with Crippen molar-refractivity contribution >= 4 is 17.3 Å². The normalized spacial score (nSPS) is 12.3. The molecule has 0 aliphatic rings. The van der Waals surface area contributed by atoms with Gasteiger partial charge in [0.1, 0.15) is 0 Å². The van der Waals surface area contributed by atoms with E-state index in [1.807, 2.05) is 0 Å². The molecule has 1 atom stereocenters. The van der Waals surface area contributed by atoms with E-state index in [4.69, 9.17) is 11.6 Å². The fraction of sp³-hybridized carbons (Fsp3) is 0.600. The largest absolute Gasteiger partial charge is 0.310 e. The summed E-state index contributed by atoms with van der Waals surface area (Å²) in [6, 6.07) is 5.28. The highest BCUT2D eigenvalue weighted by Crippen LogP contribution is 2.23. The van der Waals surface area contributed by atoms with Gasteiger partial charge in [-0.1, -0.05) is 44.7 Å². The molecule has 0 bridgehead atoms. The Kier molecular flexibility index (Phi) is 7.55. The SMILES string of the molecule is CCCCC(CCC)NCc1ccc(Cl)cc1[N+](=O)[O-]. The Morgan fingerprint density at radius 1 is 1.30 bits per heavy atom. The molecule has 0 aliphatic heterocycles. The van der Waals surface area contributed by atoms with Crippen LogP contribution in [0.1, 0.15) is 51.5 Å². The molecular weight excluding hydrogens is 276 g/mol. The van der Waals surface area contributed by atoms with E-state index in [0.717, 1.165) is 19.3 Å². The smallest absolute Gasteiger partial charge is 0.275 e. The molecule has 5 heteroatoms. The maximum atomic E-state index is 11.0. The van der Waals surface area contributed by atoms with Gasteiger partial charge in [0.2, 0.25) is 0 Å². The van der Waals surface area contributed by atoms with Crippen LogP contribution in [0.25, 0.3) is 0 Å². The van der Waals surface area contributed by atoms with Crippen LogP contribution in [0.2, 0.25) is 5.02 Å². The Balaban J connectivity index is 2.69. The Morgan fingerprint density at radius 2 is 2.05 bits per heavy atom. The Morgan fingerprint density at radius 3 is 2.65 bits per heavy atom. The third-order valence-corrected chi connectivity index (χ3v) is 3.60. The molecule has 1 N–H and O–H groups in total. The van der Waals surface area contributed by atoms with Crippen molar-refractivity contribution in [1.82, 2.24) is 5.32 Å². The molecule has 0 amide bonds. The van der Waals surface area contributed by atoms with Crippen molar-refractivity contribution in [1.29, 1.82) is 0 Å². The first-order valence-electron chi connectivity index (χ1n) is 7.24. The van der Waals surface area contributed by atoms with E-state index >= 15 is 0 Å². The lowest BCUT2D eigenvalue weighted by Crippen LogP contribution is -2.28. The van der Waals surface area contributed by atoms with Crippen LogP contribution in [-0.2, 0) is 6.54 Å². The zero-order valence-electron chi connectivity index (χ0n) is 12.2. The van der Waals surface area contributed by atoms with Crippen LogP contribution in [0.3, 0.4) is 0 Å². The molecule has 112 valence electrons. The molecule has 0 aliphatic carbocycles. The number of nitro groups is 1. The van der Waals surface area contributed by atoms with Crippen LogP contribution in [0, 0.1) is 10.1 Å². The number of rotatable bonds is 9. The average molecular weight is 299 g/mol. The van der Waals surface area contributed by atoms with Crippen molar-refractivity contribution in [3.63, 3.8) is 0 Å². The first-order chi connectivity index (χ1) is 9.58. The fourth-order valence-electron chi connectivity index (χ4n) is 2.26. The average Bonchev–Trinajstić information content (AvgIpc) is 2.42. The number of hydrogen-bond donors (Lipinski definition) is 1. The van der Waals surface area contributed by atoms with E-state index in [0.29, 0.717) is 23.2 Å². The second-order valence-corrected chi connectivity index (χ2v) is 5.48. The number of nitrogens with zero attached hydrogens (tertiary/aromatic N) is 1. The molecule has 0 saturated heterocycles. The molecule has 1 aromatic rings. The number of nitro benzene ring substituents is 1. The van der Waals surface area contributed by atoms with Gasteiger partial charge in [0.05, 0.1) is 4.92 Å². The number of halogens is 1. The van der Waals surface area contributed by atoms with Gasteiger partial charge < -0.3 is 5.32 Å². The highest BCUT2D eigenvalue weighted by molar-refractivity contribution is 6.30. The first kappa shape index (κ1) is 16.9. The summed E-state index contributed by atoms with van der Waals surface area (Å²) < 4.78 is 0. The van der Waals surface area contributed by atoms with Crippen LogP contribution in [0.4, 0.5) is 5.69 Å². The van der Waals surface area contributed by atoms with Crippen molar-refractivity contribution in [2.45, 2.75) is 58.5 Å². The van der Waals surface area contributed by atoms with E-state index in [1.165, 1.54) is 18.9 Å². The minimum absolute atomic E-state index is 0.0933. The molecule has 0 radical (unpaired) electrons. The standard InChI is InChI=1S/C15H23ClN2O2/c1-3-5-7-14(6-4-2)17-11-12-8-9-13(16)10-15(12)18(19)20/h8-10,14,17H,3-7,11H2,1-2H3. The maximum Gasteiger partial charge on any atom is 0.275 e. The van der Waals surface area contributed by atoms with Crippen molar-refractivity contribution < 1.29 is 4.92 Å². The van der Waals surface area contributed by atoms with Crippen LogP contribution < -0.4 is 5.32 Å². The van der Waals surface area contributed by atoms with Crippen molar-refractivity contribution in [3.8, 4) is 0 Å². The lowest BCUT2D eigenvalue weighted by Gasteiger charge is -2.18. The summed E-state index contributed by atoms with van der Waals surface area (Å²) in [5.74, 6) is 0. The third-order valence-electron chi connectivity index (χ3n) is 3.37. The zero-order chi connectivity index (χ0) is 15.0. The van der Waals surface area contributed by atoms with Gasteiger partial charge in [-0.05, 0) is 25.0 Å². The minimum atomic E-state index is -0.371. The molecule has 0 aromatic heterocycles. The third kappa shape index (κ3) is 5.47. The number of nitrogens with one attached hydrogen (secondary N) is 1. The van der Waals surface area contributed by atoms with Gasteiger partial charge in [-0.3, -0.25) is 10.1 Å². The van der Waals surface area contributed by atoms with Crippen molar-refractivity contribution in [3.05, 3.63) is 38.9 Å². The van der Waals surface area contributed by atoms with Crippen LogP contribution in [0.5, 0.6) is 0 Å². The number of benzene rings is 1. The lowest BCUT2D eigenvalue weighted by atomic mass is 10.0. The van der Waals surface area contributed by atoms with Gasteiger partial charge in [0, 0.05) is 29.2 Å². The fourth-order valence-corrected chi connectivity index (χ4v) is 2.42. The van der Waals surface area contributed by atoms with Crippen LogP contribution >= 0.6 is 11.6 Å². The van der Waals surface area contributed by atoms with Gasteiger partial charge in [-0.15, -0.1) is 0 Å². The van der Waals surface area contributed by atoms with E-state index in [-0.39, 0.29) is 10.6 Å². The summed E-state index contributed by atoms with van der Waals surface area (Å²) in [5.41, 5.74) is 0.785. The molecule has 1 rings (SSSR count). The second-order valence-electron chi connectivity index (χ2n) is 5.04. The summed E-state index contributed by atoms with van der Waals surface area (Å²) in [6.45, 7) is 4.85. The van der Waals surface area contributed by atoms with Gasteiger partial charge in [-0.2, -0.15) is 0 Å². The quantitative estimate of drug-likeness (QED) is 0.531. The molecular formula is C15H23ClN2O2. The first-order valence-corrected chi connectivity index (χ1v) is 7.62. The Hall–Kier alpha value is -1.13. The summed E-state index contributed by atoms with van der Waals surface area (Å²) in [5, 5.41) is 14.9. The second kappa shape index (κ2) is 8.93. The van der Waals surface area contributed by atoms with Crippen molar-refractivity contribution in [2.24, 2.45) is 0 Å². The Labute approximate surface area is 125 Å². The predicted octanol–water partition coefficient (Wildman–Crippen LogP) is 4.70. The molecule has 0 heterocycles. The van der Waals surface area contributed by atoms with Gasteiger partial charge in [0.25, 0.3) is 5.69 Å². The van der Waals surface area contributed by atoms with E-state index < -0.39 is 0 Å². The van der Waals surface area contributed by atoms with Gasteiger partial charge in [-0.25, -0.2) is 0 Å². The highest BCUT2D eigenvalue weighted by atomic mass is 35.5. The zero-order valence-corrected chi connectivity index (χ0v) is 12.9.